The van der Waals surface area contributed by atoms with Gasteiger partial charge in [-0.15, -0.1) is 0 Å². The minimum atomic E-state index is -0.818. The number of ether oxygens (including phenoxy) is 3. The van der Waals surface area contributed by atoms with Crippen molar-refractivity contribution in [2.75, 3.05) is 13.2 Å². The second-order valence-corrected chi connectivity index (χ2v) is 20.2. The predicted molar refractivity (Wildman–Crippen MR) is 325 cm³/mol. The molecule has 0 saturated carbocycles. The van der Waals surface area contributed by atoms with Gasteiger partial charge in [0.15, 0.2) is 6.10 Å². The second-order valence-electron chi connectivity index (χ2n) is 20.2. The molecular weight excluding hydrogens is 925 g/mol. The molecule has 1 unspecified atom stereocenters. The summed E-state index contributed by atoms with van der Waals surface area (Å²) in [6.07, 6.45) is 86.4. The quantitative estimate of drug-likeness (QED) is 0.0261. The normalized spacial score (nSPS) is 12.9. The Morgan fingerprint density at radius 1 is 0.280 bits per heavy atom. The Morgan fingerprint density at radius 2 is 0.547 bits per heavy atom. The van der Waals surface area contributed by atoms with Crippen molar-refractivity contribution in [2.24, 2.45) is 0 Å². The van der Waals surface area contributed by atoms with E-state index >= 15 is 0 Å². The summed E-state index contributed by atoms with van der Waals surface area (Å²) in [5, 5.41) is 0. The highest BCUT2D eigenvalue weighted by Gasteiger charge is 2.19. The molecule has 75 heavy (non-hydrogen) atoms. The van der Waals surface area contributed by atoms with Gasteiger partial charge in [-0.1, -0.05) is 264 Å². The Hall–Kier alpha value is -4.19. The van der Waals surface area contributed by atoms with E-state index in [1.807, 2.05) is 6.08 Å². The molecule has 0 aromatic rings. The van der Waals surface area contributed by atoms with Crippen molar-refractivity contribution >= 4 is 17.9 Å². The molecule has 0 aliphatic heterocycles. The smallest absolute Gasteiger partial charge is 0.306 e. The number of allylic oxidation sites excluding steroid dienone is 20. The summed E-state index contributed by atoms with van der Waals surface area (Å²) in [6, 6.07) is 0. The van der Waals surface area contributed by atoms with E-state index in [4.69, 9.17) is 14.2 Å². The van der Waals surface area contributed by atoms with E-state index in [1.165, 1.54) is 128 Å². The number of carbonyl (C=O) groups is 3. The van der Waals surface area contributed by atoms with Crippen LogP contribution >= 0.6 is 0 Å². The molecule has 0 radical (unpaired) electrons. The third-order valence-electron chi connectivity index (χ3n) is 12.9. The van der Waals surface area contributed by atoms with Crippen LogP contribution in [0.5, 0.6) is 0 Å². The van der Waals surface area contributed by atoms with Gasteiger partial charge in [-0.2, -0.15) is 0 Å². The van der Waals surface area contributed by atoms with Crippen molar-refractivity contribution in [2.45, 2.75) is 284 Å². The van der Waals surface area contributed by atoms with Crippen LogP contribution in [-0.2, 0) is 28.6 Å². The highest BCUT2D eigenvalue weighted by Crippen LogP contribution is 2.15. The van der Waals surface area contributed by atoms with Gasteiger partial charge in [0.05, 0.1) is 0 Å². The van der Waals surface area contributed by atoms with Gasteiger partial charge in [-0.05, 0) is 116 Å². The molecular formula is C69H114O6. The van der Waals surface area contributed by atoms with Crippen molar-refractivity contribution < 1.29 is 28.6 Å². The fourth-order valence-corrected chi connectivity index (χ4v) is 8.36. The molecule has 0 rings (SSSR count). The number of esters is 3. The standard InChI is InChI=1S/C69H114O6/c1-4-7-10-13-16-19-22-25-28-31-34-37-40-43-46-49-52-55-58-61-67(70)73-64-66(75-69(72)63-60-57-54-51-48-45-42-39-36-33-30-27-24-21-18-15-12-9-6-3)65-74-68(71)62-59-56-53-50-47-44-41-38-35-32-29-26-23-20-17-14-11-8-5-2/h7,9-10,12,16,18-19,21,25,27-28,30,32,34-35,37,43,46,52,55,66H,4-6,8,11,13-15,17,20,22-24,26,29,31,33,36,38-42,44-45,47-51,53-54,56-65H2,1-3H3/b10-7-,12-9-,19-16-,21-18-,28-25-,30-27-,35-32-,37-34-,46-43-,55-52-. The molecule has 0 amide bonds. The first-order valence-corrected chi connectivity index (χ1v) is 31.0. The van der Waals surface area contributed by atoms with Gasteiger partial charge in [-0.3, -0.25) is 14.4 Å². The lowest BCUT2D eigenvalue weighted by Crippen LogP contribution is -2.30. The number of carbonyl (C=O) groups excluding carboxylic acids is 3. The molecule has 0 saturated heterocycles. The van der Waals surface area contributed by atoms with E-state index < -0.39 is 6.10 Å². The molecule has 0 aromatic carbocycles. The lowest BCUT2D eigenvalue weighted by Gasteiger charge is -2.18. The molecule has 0 spiro atoms. The molecule has 1 atom stereocenters. The van der Waals surface area contributed by atoms with Crippen LogP contribution in [0, 0.1) is 0 Å². The topological polar surface area (TPSA) is 78.9 Å². The van der Waals surface area contributed by atoms with Gasteiger partial charge in [0.25, 0.3) is 0 Å². The third-order valence-corrected chi connectivity index (χ3v) is 12.9. The number of unbranched alkanes of at least 4 members (excludes halogenated alkanes) is 24. The van der Waals surface area contributed by atoms with Gasteiger partial charge in [0, 0.05) is 19.3 Å². The SMILES string of the molecule is CC/C=C\C/C=C\C/C=C\C/C=C\C/C=C\C/C=C\CCC(=O)OCC(COC(=O)CCCCCCCCC/C=C\CCCCCCCCCC)OC(=O)CCCCCCCCCCC/C=C\C/C=C\C/C=C\CC. The maximum Gasteiger partial charge on any atom is 0.306 e. The molecule has 0 N–H and O–H groups in total. The maximum atomic E-state index is 12.9. The average molecular weight is 1040 g/mol. The molecule has 0 aromatic heterocycles. The minimum Gasteiger partial charge on any atom is -0.462 e. The molecule has 0 bridgehead atoms. The molecule has 0 heterocycles. The van der Waals surface area contributed by atoms with Crippen LogP contribution < -0.4 is 0 Å². The van der Waals surface area contributed by atoms with Crippen molar-refractivity contribution in [3.63, 3.8) is 0 Å². The van der Waals surface area contributed by atoms with Gasteiger partial charge >= 0.3 is 17.9 Å². The fraction of sp³-hybridized carbons (Fsp3) is 0.667. The molecule has 6 heteroatoms. The van der Waals surface area contributed by atoms with E-state index in [1.54, 1.807) is 0 Å². The summed E-state index contributed by atoms with van der Waals surface area (Å²) >= 11 is 0. The van der Waals surface area contributed by atoms with Crippen molar-refractivity contribution in [3.8, 4) is 0 Å². The first-order chi connectivity index (χ1) is 37.0. The lowest BCUT2D eigenvalue weighted by molar-refractivity contribution is -0.166. The Balaban J connectivity index is 4.51. The Kier molecular flexibility index (Phi) is 58.9. The van der Waals surface area contributed by atoms with E-state index in [9.17, 15) is 14.4 Å². The Bertz CT molecular complexity index is 1570. The van der Waals surface area contributed by atoms with Crippen LogP contribution in [0.1, 0.15) is 278 Å². The van der Waals surface area contributed by atoms with Gasteiger partial charge in [-0.25, -0.2) is 0 Å². The summed E-state index contributed by atoms with van der Waals surface area (Å²) in [6.45, 7) is 6.36. The summed E-state index contributed by atoms with van der Waals surface area (Å²) in [4.78, 5) is 38.3. The first-order valence-electron chi connectivity index (χ1n) is 31.0. The number of hydrogen-bond acceptors (Lipinski definition) is 6. The van der Waals surface area contributed by atoms with Gasteiger partial charge in [0.1, 0.15) is 13.2 Å². The van der Waals surface area contributed by atoms with E-state index in [2.05, 4.69) is 136 Å². The average Bonchev–Trinajstić information content (AvgIpc) is 3.41. The Morgan fingerprint density at radius 3 is 0.907 bits per heavy atom. The first kappa shape index (κ1) is 70.8. The zero-order valence-electron chi connectivity index (χ0n) is 48.8. The number of rotatable bonds is 55. The molecule has 426 valence electrons. The fourth-order valence-electron chi connectivity index (χ4n) is 8.36. The highest BCUT2D eigenvalue weighted by molar-refractivity contribution is 5.71. The van der Waals surface area contributed by atoms with Crippen molar-refractivity contribution in [1.82, 2.24) is 0 Å². The lowest BCUT2D eigenvalue weighted by atomic mass is 10.1. The van der Waals surface area contributed by atoms with E-state index in [-0.39, 0.29) is 37.5 Å². The zero-order chi connectivity index (χ0) is 54.3. The summed E-state index contributed by atoms with van der Waals surface area (Å²) < 4.78 is 16.8. The van der Waals surface area contributed by atoms with Crippen LogP contribution in [-0.4, -0.2) is 37.2 Å². The van der Waals surface area contributed by atoms with Crippen LogP contribution in [0.15, 0.2) is 122 Å². The summed E-state index contributed by atoms with van der Waals surface area (Å²) in [5.74, 6) is -1.00. The van der Waals surface area contributed by atoms with Crippen molar-refractivity contribution in [3.05, 3.63) is 122 Å². The monoisotopic (exact) mass is 1040 g/mol. The Labute approximate surface area is 462 Å². The predicted octanol–water partition coefficient (Wildman–Crippen LogP) is 21.2. The molecule has 0 aliphatic carbocycles. The van der Waals surface area contributed by atoms with Crippen LogP contribution in [0.25, 0.3) is 0 Å². The molecule has 0 aliphatic rings. The summed E-state index contributed by atoms with van der Waals surface area (Å²) in [7, 11) is 0. The van der Waals surface area contributed by atoms with Crippen LogP contribution in [0.3, 0.4) is 0 Å². The van der Waals surface area contributed by atoms with E-state index in [0.29, 0.717) is 19.3 Å². The maximum absolute atomic E-state index is 12.9. The van der Waals surface area contributed by atoms with Crippen LogP contribution in [0.4, 0.5) is 0 Å². The van der Waals surface area contributed by atoms with E-state index in [0.717, 1.165) is 103 Å². The van der Waals surface area contributed by atoms with Gasteiger partial charge < -0.3 is 14.2 Å². The zero-order valence-corrected chi connectivity index (χ0v) is 48.8. The third kappa shape index (κ3) is 60.6. The molecule has 0 fully saturated rings. The largest absolute Gasteiger partial charge is 0.462 e. The second kappa shape index (κ2) is 62.4. The number of hydrogen-bond donors (Lipinski definition) is 0. The van der Waals surface area contributed by atoms with Crippen molar-refractivity contribution in [1.29, 1.82) is 0 Å². The van der Waals surface area contributed by atoms with Gasteiger partial charge in [0.2, 0.25) is 0 Å². The highest BCUT2D eigenvalue weighted by atomic mass is 16.6. The summed E-state index contributed by atoms with van der Waals surface area (Å²) in [5.41, 5.74) is 0. The minimum absolute atomic E-state index is 0.108. The van der Waals surface area contributed by atoms with Crippen LogP contribution in [0.2, 0.25) is 0 Å². The molecule has 6 nitrogen and oxygen atoms in total.